The van der Waals surface area contributed by atoms with E-state index in [1.165, 1.54) is 0 Å². The lowest BCUT2D eigenvalue weighted by atomic mass is 10.1. The molecule has 0 aliphatic heterocycles. The van der Waals surface area contributed by atoms with Crippen LogP contribution in [0.4, 0.5) is 5.69 Å². The molecule has 0 bridgehead atoms. The zero-order chi connectivity index (χ0) is 18.8. The number of nitrogens with one attached hydrogen (secondary N) is 1. The van der Waals surface area contributed by atoms with E-state index in [1.54, 1.807) is 6.08 Å². The SMILES string of the molecule is CCCCCOc1ccc(/C=C(\C#N)C(=O)Nc2ccccc2C)cc1. The van der Waals surface area contributed by atoms with Gasteiger partial charge in [0.2, 0.25) is 0 Å². The van der Waals surface area contributed by atoms with Crippen molar-refractivity contribution in [3.8, 4) is 11.8 Å². The lowest BCUT2D eigenvalue weighted by Crippen LogP contribution is -2.14. The molecule has 0 atom stereocenters. The number of unbranched alkanes of at least 4 members (excludes halogenated alkanes) is 2. The number of benzene rings is 2. The fourth-order valence-electron chi connectivity index (χ4n) is 2.42. The van der Waals surface area contributed by atoms with Crippen molar-refractivity contribution in [2.45, 2.75) is 33.1 Å². The molecule has 134 valence electrons. The second kappa shape index (κ2) is 10.0. The topological polar surface area (TPSA) is 62.1 Å². The van der Waals surface area contributed by atoms with Crippen LogP contribution in [0.1, 0.15) is 37.3 Å². The van der Waals surface area contributed by atoms with Crippen LogP contribution in [0.3, 0.4) is 0 Å². The van der Waals surface area contributed by atoms with Crippen molar-refractivity contribution in [2.24, 2.45) is 0 Å². The van der Waals surface area contributed by atoms with E-state index in [-0.39, 0.29) is 5.57 Å². The summed E-state index contributed by atoms with van der Waals surface area (Å²) < 4.78 is 5.67. The highest BCUT2D eigenvalue weighted by Gasteiger charge is 2.10. The van der Waals surface area contributed by atoms with Gasteiger partial charge in [-0.3, -0.25) is 4.79 Å². The second-order valence-electron chi connectivity index (χ2n) is 6.06. The Balaban J connectivity index is 2.02. The lowest BCUT2D eigenvalue weighted by molar-refractivity contribution is -0.112. The Hall–Kier alpha value is -3.06. The third-order valence-electron chi connectivity index (χ3n) is 3.97. The van der Waals surface area contributed by atoms with Crippen LogP contribution in [0.15, 0.2) is 54.1 Å². The van der Waals surface area contributed by atoms with Crippen LogP contribution in [-0.4, -0.2) is 12.5 Å². The summed E-state index contributed by atoms with van der Waals surface area (Å²) in [6, 6.07) is 16.8. The number of hydrogen-bond acceptors (Lipinski definition) is 3. The van der Waals surface area contributed by atoms with Crippen molar-refractivity contribution in [1.29, 1.82) is 5.26 Å². The third-order valence-corrected chi connectivity index (χ3v) is 3.97. The van der Waals surface area contributed by atoms with E-state index in [2.05, 4.69) is 12.2 Å². The van der Waals surface area contributed by atoms with Crippen molar-refractivity contribution in [2.75, 3.05) is 11.9 Å². The van der Waals surface area contributed by atoms with Gasteiger partial charge < -0.3 is 10.1 Å². The van der Waals surface area contributed by atoms with Crippen LogP contribution < -0.4 is 10.1 Å². The summed E-state index contributed by atoms with van der Waals surface area (Å²) in [4.78, 5) is 12.3. The molecule has 0 heterocycles. The van der Waals surface area contributed by atoms with Gasteiger partial charge in [0.05, 0.1) is 6.61 Å². The quantitative estimate of drug-likeness (QED) is 0.410. The molecule has 0 saturated heterocycles. The van der Waals surface area contributed by atoms with Crippen molar-refractivity contribution in [3.05, 3.63) is 65.2 Å². The molecule has 0 saturated carbocycles. The van der Waals surface area contributed by atoms with Crippen molar-refractivity contribution in [1.82, 2.24) is 0 Å². The highest BCUT2D eigenvalue weighted by atomic mass is 16.5. The lowest BCUT2D eigenvalue weighted by Gasteiger charge is -2.08. The summed E-state index contributed by atoms with van der Waals surface area (Å²) in [7, 11) is 0. The molecule has 2 rings (SSSR count). The second-order valence-corrected chi connectivity index (χ2v) is 6.06. The minimum atomic E-state index is -0.415. The molecule has 0 aliphatic rings. The Morgan fingerprint density at radius 1 is 1.15 bits per heavy atom. The Morgan fingerprint density at radius 3 is 2.54 bits per heavy atom. The highest BCUT2D eigenvalue weighted by Crippen LogP contribution is 2.17. The van der Waals surface area contributed by atoms with Gasteiger partial charge in [-0.25, -0.2) is 0 Å². The number of anilines is 1. The van der Waals surface area contributed by atoms with E-state index in [1.807, 2.05) is 61.5 Å². The summed E-state index contributed by atoms with van der Waals surface area (Å²) in [6.07, 6.45) is 4.93. The first-order valence-electron chi connectivity index (χ1n) is 8.85. The van der Waals surface area contributed by atoms with Crippen LogP contribution in [0.5, 0.6) is 5.75 Å². The molecule has 0 unspecified atom stereocenters. The standard InChI is InChI=1S/C22H24N2O2/c1-3-4-7-14-26-20-12-10-18(11-13-20)15-19(16-23)22(25)24-21-9-6-5-8-17(21)2/h5-6,8-13,15H,3-4,7,14H2,1-2H3,(H,24,25)/b19-15+. The van der Waals surface area contributed by atoms with Crippen LogP contribution in [0.2, 0.25) is 0 Å². The predicted molar refractivity (Wildman–Crippen MR) is 105 cm³/mol. The Morgan fingerprint density at radius 2 is 1.88 bits per heavy atom. The molecular formula is C22H24N2O2. The molecule has 0 radical (unpaired) electrons. The largest absolute Gasteiger partial charge is 0.494 e. The van der Waals surface area contributed by atoms with Gasteiger partial charge in [-0.05, 0) is 48.7 Å². The molecular weight excluding hydrogens is 324 g/mol. The van der Waals surface area contributed by atoms with Crippen molar-refractivity contribution in [3.63, 3.8) is 0 Å². The van der Waals surface area contributed by atoms with Crippen molar-refractivity contribution >= 4 is 17.7 Å². The van der Waals surface area contributed by atoms with E-state index in [4.69, 9.17) is 4.74 Å². The van der Waals surface area contributed by atoms with E-state index in [9.17, 15) is 10.1 Å². The zero-order valence-corrected chi connectivity index (χ0v) is 15.3. The predicted octanol–water partition coefficient (Wildman–Crippen LogP) is 5.11. The maximum atomic E-state index is 12.3. The highest BCUT2D eigenvalue weighted by molar-refractivity contribution is 6.09. The van der Waals surface area contributed by atoms with E-state index < -0.39 is 5.91 Å². The Labute approximate surface area is 155 Å². The summed E-state index contributed by atoms with van der Waals surface area (Å²) >= 11 is 0. The molecule has 1 amide bonds. The minimum absolute atomic E-state index is 0.0601. The number of nitriles is 1. The van der Waals surface area contributed by atoms with Gasteiger partial charge in [0.25, 0.3) is 5.91 Å². The third kappa shape index (κ3) is 5.78. The number of nitrogens with zero attached hydrogens (tertiary/aromatic N) is 1. The fourth-order valence-corrected chi connectivity index (χ4v) is 2.42. The van der Waals surface area contributed by atoms with Crippen LogP contribution >= 0.6 is 0 Å². The van der Waals surface area contributed by atoms with E-state index in [0.717, 1.165) is 36.1 Å². The maximum absolute atomic E-state index is 12.3. The molecule has 0 fully saturated rings. The average molecular weight is 348 g/mol. The molecule has 0 aliphatic carbocycles. The summed E-state index contributed by atoms with van der Waals surface area (Å²) in [5, 5.41) is 12.1. The van der Waals surface area contributed by atoms with Gasteiger partial charge in [-0.1, -0.05) is 50.1 Å². The van der Waals surface area contributed by atoms with Gasteiger partial charge in [-0.15, -0.1) is 0 Å². The van der Waals surface area contributed by atoms with Gasteiger partial charge in [0, 0.05) is 5.69 Å². The number of carbonyl (C=O) groups is 1. The van der Waals surface area contributed by atoms with Gasteiger partial charge >= 0.3 is 0 Å². The summed E-state index contributed by atoms with van der Waals surface area (Å²) in [6.45, 7) is 4.76. The first kappa shape index (κ1) is 19.3. The van der Waals surface area contributed by atoms with E-state index in [0.29, 0.717) is 12.3 Å². The molecule has 0 spiro atoms. The van der Waals surface area contributed by atoms with Crippen molar-refractivity contribution < 1.29 is 9.53 Å². The first-order chi connectivity index (χ1) is 12.6. The Kier molecular flexibility index (Phi) is 7.45. The fraction of sp³-hybridized carbons (Fsp3) is 0.273. The van der Waals surface area contributed by atoms with E-state index >= 15 is 0 Å². The zero-order valence-electron chi connectivity index (χ0n) is 15.3. The smallest absolute Gasteiger partial charge is 0.266 e. The van der Waals surface area contributed by atoms with Crippen LogP contribution in [0, 0.1) is 18.3 Å². The summed E-state index contributed by atoms with van der Waals surface area (Å²) in [5.74, 6) is 0.378. The number of carbonyl (C=O) groups excluding carboxylic acids is 1. The van der Waals surface area contributed by atoms with Gasteiger partial charge in [0.1, 0.15) is 17.4 Å². The number of aryl methyl sites for hydroxylation is 1. The molecule has 4 heteroatoms. The molecule has 1 N–H and O–H groups in total. The number of para-hydroxylation sites is 1. The number of hydrogen-bond donors (Lipinski definition) is 1. The Bertz CT molecular complexity index is 802. The minimum Gasteiger partial charge on any atom is -0.494 e. The van der Waals surface area contributed by atoms with Crippen LogP contribution in [0.25, 0.3) is 6.08 Å². The maximum Gasteiger partial charge on any atom is 0.266 e. The number of amides is 1. The molecule has 26 heavy (non-hydrogen) atoms. The number of rotatable bonds is 8. The monoisotopic (exact) mass is 348 g/mol. The molecule has 2 aromatic rings. The summed E-state index contributed by atoms with van der Waals surface area (Å²) in [5.41, 5.74) is 2.49. The van der Waals surface area contributed by atoms with Gasteiger partial charge in [0.15, 0.2) is 0 Å². The number of ether oxygens (including phenoxy) is 1. The first-order valence-corrected chi connectivity index (χ1v) is 8.85. The molecule has 4 nitrogen and oxygen atoms in total. The molecule has 0 aromatic heterocycles. The van der Waals surface area contributed by atoms with Gasteiger partial charge in [-0.2, -0.15) is 5.26 Å². The van der Waals surface area contributed by atoms with Crippen LogP contribution in [-0.2, 0) is 4.79 Å². The average Bonchev–Trinajstić information content (AvgIpc) is 2.66. The normalized spacial score (nSPS) is 10.9. The molecule has 2 aromatic carbocycles.